The molecule has 1 saturated carbocycles. The third-order valence-electron chi connectivity index (χ3n) is 4.64. The standard InChI is InChI=1S/C16H20/c1-11-7-8-12(2)16(11)15-10-9-13-5-3-4-6-14(13)15/h3-6,9-12,15-16H,7-8H2,1-2H3. The van der Waals surface area contributed by atoms with E-state index in [1.54, 1.807) is 5.56 Å². The highest BCUT2D eigenvalue weighted by Crippen LogP contribution is 2.48. The molecule has 0 spiro atoms. The Labute approximate surface area is 98.4 Å². The molecule has 2 aliphatic rings. The zero-order valence-electron chi connectivity index (χ0n) is 10.2. The maximum atomic E-state index is 2.44. The summed E-state index contributed by atoms with van der Waals surface area (Å²) in [4.78, 5) is 0. The van der Waals surface area contributed by atoms with Gasteiger partial charge in [0.05, 0.1) is 0 Å². The number of fused-ring (bicyclic) bond motifs is 1. The average Bonchev–Trinajstić information content (AvgIpc) is 2.83. The van der Waals surface area contributed by atoms with Crippen molar-refractivity contribution in [2.45, 2.75) is 32.6 Å². The lowest BCUT2D eigenvalue weighted by molar-refractivity contribution is 0.317. The van der Waals surface area contributed by atoms with Crippen molar-refractivity contribution in [3.05, 3.63) is 41.5 Å². The molecule has 3 unspecified atom stereocenters. The Morgan fingerprint density at radius 3 is 2.44 bits per heavy atom. The van der Waals surface area contributed by atoms with E-state index in [1.807, 2.05) is 0 Å². The highest BCUT2D eigenvalue weighted by Gasteiger charge is 2.37. The molecule has 0 bridgehead atoms. The molecule has 84 valence electrons. The second kappa shape index (κ2) is 3.76. The van der Waals surface area contributed by atoms with Crippen LogP contribution in [0, 0.1) is 17.8 Å². The quantitative estimate of drug-likeness (QED) is 0.644. The summed E-state index contributed by atoms with van der Waals surface area (Å²) in [5.41, 5.74) is 3.01. The molecule has 16 heavy (non-hydrogen) atoms. The van der Waals surface area contributed by atoms with Crippen LogP contribution in [0.5, 0.6) is 0 Å². The summed E-state index contributed by atoms with van der Waals surface area (Å²) in [7, 11) is 0. The predicted molar refractivity (Wildman–Crippen MR) is 69.3 cm³/mol. The molecule has 0 N–H and O–H groups in total. The lowest BCUT2D eigenvalue weighted by Crippen LogP contribution is -2.18. The third-order valence-corrected chi connectivity index (χ3v) is 4.64. The summed E-state index contributed by atoms with van der Waals surface area (Å²) in [6, 6.07) is 8.89. The fourth-order valence-electron chi connectivity index (χ4n) is 3.79. The molecule has 0 aromatic heterocycles. The van der Waals surface area contributed by atoms with E-state index in [0.29, 0.717) is 5.92 Å². The number of hydrogen-bond acceptors (Lipinski definition) is 0. The Morgan fingerprint density at radius 2 is 1.69 bits per heavy atom. The Balaban J connectivity index is 1.95. The minimum Gasteiger partial charge on any atom is -0.0761 e. The van der Waals surface area contributed by atoms with Crippen molar-refractivity contribution < 1.29 is 0 Å². The molecule has 0 nitrogen and oxygen atoms in total. The van der Waals surface area contributed by atoms with E-state index in [2.05, 4.69) is 50.3 Å². The summed E-state index contributed by atoms with van der Waals surface area (Å²) in [6.45, 7) is 4.87. The monoisotopic (exact) mass is 212 g/mol. The van der Waals surface area contributed by atoms with Gasteiger partial charge in [0.25, 0.3) is 0 Å². The number of allylic oxidation sites excluding steroid dienone is 1. The molecule has 1 aromatic rings. The van der Waals surface area contributed by atoms with Crippen molar-refractivity contribution in [3.63, 3.8) is 0 Å². The van der Waals surface area contributed by atoms with Gasteiger partial charge < -0.3 is 0 Å². The van der Waals surface area contributed by atoms with Crippen LogP contribution in [0.4, 0.5) is 0 Å². The molecule has 3 rings (SSSR count). The lowest BCUT2D eigenvalue weighted by Gasteiger charge is -2.26. The van der Waals surface area contributed by atoms with Crippen molar-refractivity contribution in [2.24, 2.45) is 17.8 Å². The van der Waals surface area contributed by atoms with Crippen molar-refractivity contribution >= 4 is 6.08 Å². The second-order valence-corrected chi connectivity index (χ2v) is 5.62. The van der Waals surface area contributed by atoms with Gasteiger partial charge in [-0.25, -0.2) is 0 Å². The highest BCUT2D eigenvalue weighted by atomic mass is 14.4. The Hall–Kier alpha value is -1.04. The molecular formula is C16H20. The lowest BCUT2D eigenvalue weighted by atomic mass is 9.78. The van der Waals surface area contributed by atoms with Gasteiger partial charge in [-0.15, -0.1) is 0 Å². The first kappa shape index (κ1) is 10.1. The van der Waals surface area contributed by atoms with Crippen LogP contribution in [0.1, 0.15) is 43.7 Å². The van der Waals surface area contributed by atoms with Crippen LogP contribution in [0.2, 0.25) is 0 Å². The molecular weight excluding hydrogens is 192 g/mol. The van der Waals surface area contributed by atoms with Gasteiger partial charge in [-0.3, -0.25) is 0 Å². The third kappa shape index (κ3) is 1.43. The van der Waals surface area contributed by atoms with E-state index in [1.165, 1.54) is 18.4 Å². The van der Waals surface area contributed by atoms with Crippen molar-refractivity contribution in [1.29, 1.82) is 0 Å². The molecule has 0 heterocycles. The first-order chi connectivity index (χ1) is 7.77. The van der Waals surface area contributed by atoms with Gasteiger partial charge in [-0.1, -0.05) is 63.1 Å². The maximum Gasteiger partial charge on any atom is 0.00606 e. The molecule has 0 saturated heterocycles. The van der Waals surface area contributed by atoms with E-state index in [0.717, 1.165) is 17.8 Å². The molecule has 1 aromatic carbocycles. The number of rotatable bonds is 1. The Bertz CT molecular complexity index is 406. The van der Waals surface area contributed by atoms with Crippen LogP contribution >= 0.6 is 0 Å². The smallest absolute Gasteiger partial charge is 0.00606 e. The Kier molecular flexibility index (Phi) is 2.38. The van der Waals surface area contributed by atoms with Crippen LogP contribution in [0.15, 0.2) is 30.3 Å². The van der Waals surface area contributed by atoms with Gasteiger partial charge in [0.15, 0.2) is 0 Å². The van der Waals surface area contributed by atoms with Gasteiger partial charge in [0.2, 0.25) is 0 Å². The fraction of sp³-hybridized carbons (Fsp3) is 0.500. The zero-order valence-corrected chi connectivity index (χ0v) is 10.2. The largest absolute Gasteiger partial charge is 0.0761 e. The van der Waals surface area contributed by atoms with Crippen LogP contribution in [0.25, 0.3) is 6.08 Å². The van der Waals surface area contributed by atoms with E-state index in [-0.39, 0.29) is 0 Å². The molecule has 0 amide bonds. The van der Waals surface area contributed by atoms with Crippen molar-refractivity contribution in [3.8, 4) is 0 Å². The molecule has 0 heteroatoms. The Morgan fingerprint density at radius 1 is 1.00 bits per heavy atom. The van der Waals surface area contributed by atoms with E-state index >= 15 is 0 Å². The van der Waals surface area contributed by atoms with Crippen LogP contribution in [-0.4, -0.2) is 0 Å². The van der Waals surface area contributed by atoms with E-state index in [4.69, 9.17) is 0 Å². The summed E-state index contributed by atoms with van der Waals surface area (Å²) in [6.07, 6.45) is 7.59. The summed E-state index contributed by atoms with van der Waals surface area (Å²) >= 11 is 0. The van der Waals surface area contributed by atoms with Crippen LogP contribution in [0.3, 0.4) is 0 Å². The topological polar surface area (TPSA) is 0 Å². The minimum absolute atomic E-state index is 0.684. The highest BCUT2D eigenvalue weighted by molar-refractivity contribution is 5.62. The van der Waals surface area contributed by atoms with E-state index in [9.17, 15) is 0 Å². The SMILES string of the molecule is CC1CCC(C)C1C1C=Cc2ccccc21. The summed E-state index contributed by atoms with van der Waals surface area (Å²) in [5, 5.41) is 0. The zero-order chi connectivity index (χ0) is 11.1. The fourth-order valence-corrected chi connectivity index (χ4v) is 3.79. The second-order valence-electron chi connectivity index (χ2n) is 5.62. The summed E-state index contributed by atoms with van der Waals surface area (Å²) in [5.74, 6) is 3.32. The normalized spacial score (nSPS) is 36.6. The molecule has 0 aliphatic heterocycles. The number of hydrogen-bond donors (Lipinski definition) is 0. The van der Waals surface area contributed by atoms with Gasteiger partial charge in [-0.2, -0.15) is 0 Å². The number of benzene rings is 1. The average molecular weight is 212 g/mol. The van der Waals surface area contributed by atoms with Gasteiger partial charge >= 0.3 is 0 Å². The summed E-state index contributed by atoms with van der Waals surface area (Å²) < 4.78 is 0. The molecule has 1 fully saturated rings. The van der Waals surface area contributed by atoms with Crippen molar-refractivity contribution in [2.75, 3.05) is 0 Å². The molecule has 0 radical (unpaired) electrons. The minimum atomic E-state index is 0.684. The maximum absolute atomic E-state index is 2.44. The van der Waals surface area contributed by atoms with Gasteiger partial charge in [-0.05, 0) is 28.9 Å². The molecule has 2 aliphatic carbocycles. The first-order valence-electron chi connectivity index (χ1n) is 6.54. The predicted octanol–water partition coefficient (Wildman–Crippen LogP) is 4.48. The van der Waals surface area contributed by atoms with Gasteiger partial charge in [0.1, 0.15) is 0 Å². The van der Waals surface area contributed by atoms with Gasteiger partial charge in [0, 0.05) is 5.92 Å². The van der Waals surface area contributed by atoms with Crippen molar-refractivity contribution in [1.82, 2.24) is 0 Å². The van der Waals surface area contributed by atoms with Crippen LogP contribution in [-0.2, 0) is 0 Å². The van der Waals surface area contributed by atoms with Crippen LogP contribution < -0.4 is 0 Å². The van der Waals surface area contributed by atoms with E-state index < -0.39 is 0 Å². The molecule has 3 atom stereocenters. The first-order valence-corrected chi connectivity index (χ1v) is 6.54.